The van der Waals surface area contributed by atoms with E-state index in [0.29, 0.717) is 52.7 Å². The third-order valence-electron chi connectivity index (χ3n) is 6.92. The summed E-state index contributed by atoms with van der Waals surface area (Å²) in [4.78, 5) is 33.8. The average Bonchev–Trinajstić information content (AvgIpc) is 2.94. The number of benzene rings is 3. The fourth-order valence-corrected chi connectivity index (χ4v) is 5.61. The van der Waals surface area contributed by atoms with E-state index in [-0.39, 0.29) is 11.8 Å². The zero-order valence-electron chi connectivity index (χ0n) is 20.7. The Morgan fingerprint density at radius 3 is 2.39 bits per heavy atom. The third-order valence-corrected chi connectivity index (χ3v) is 7.48. The van der Waals surface area contributed by atoms with Crippen LogP contribution in [0.25, 0.3) is 0 Å². The number of hydrogen-bond acceptors (Lipinski definition) is 3. The van der Waals surface area contributed by atoms with Gasteiger partial charge in [-0.15, -0.1) is 0 Å². The van der Waals surface area contributed by atoms with Gasteiger partial charge in [-0.05, 0) is 59.4 Å². The van der Waals surface area contributed by atoms with Crippen molar-refractivity contribution in [2.24, 2.45) is 0 Å². The normalized spacial score (nSPS) is 16.7. The summed E-state index contributed by atoms with van der Waals surface area (Å²) in [6.07, 6.45) is 4.81. The number of fused-ring (bicyclic) bond motifs is 1. The van der Waals surface area contributed by atoms with Crippen LogP contribution in [-0.2, 0) is 17.6 Å². The summed E-state index contributed by atoms with van der Waals surface area (Å²) >= 11 is 12.9. The predicted octanol–water partition coefficient (Wildman–Crippen LogP) is 6.27. The van der Waals surface area contributed by atoms with Crippen molar-refractivity contribution < 1.29 is 9.59 Å². The molecule has 5 rings (SSSR count). The van der Waals surface area contributed by atoms with E-state index in [1.54, 1.807) is 35.5 Å². The Hall–Kier alpha value is -3.67. The number of hydrogen-bond donors (Lipinski definition) is 1. The highest BCUT2D eigenvalue weighted by molar-refractivity contribution is 6.35. The molecule has 0 saturated heterocycles. The van der Waals surface area contributed by atoms with Crippen molar-refractivity contribution in [2.45, 2.75) is 24.8 Å². The summed E-state index contributed by atoms with van der Waals surface area (Å²) in [5.74, 6) is -0.927. The first-order valence-electron chi connectivity index (χ1n) is 12.6. The second-order valence-electron chi connectivity index (χ2n) is 9.31. The number of rotatable bonds is 8. The lowest BCUT2D eigenvalue weighted by Gasteiger charge is -2.42. The zero-order valence-corrected chi connectivity index (χ0v) is 22.2. The average molecular weight is 544 g/mol. The van der Waals surface area contributed by atoms with Gasteiger partial charge < -0.3 is 10.2 Å². The quantitative estimate of drug-likeness (QED) is 0.285. The maximum Gasteiger partial charge on any atom is 0.254 e. The number of halogens is 2. The lowest BCUT2D eigenvalue weighted by molar-refractivity contribution is -0.124. The van der Waals surface area contributed by atoms with E-state index in [2.05, 4.69) is 10.3 Å². The summed E-state index contributed by atoms with van der Waals surface area (Å²) in [6.45, 7) is 0.877. The fourth-order valence-electron chi connectivity index (χ4n) is 5.09. The zero-order chi connectivity index (χ0) is 26.5. The second-order valence-corrected chi connectivity index (χ2v) is 10.2. The molecule has 0 saturated carbocycles. The van der Waals surface area contributed by atoms with E-state index in [9.17, 15) is 9.59 Å². The second kappa shape index (κ2) is 11.8. The summed E-state index contributed by atoms with van der Waals surface area (Å²) in [5.41, 5.74) is 4.06. The number of amides is 2. The molecule has 7 heteroatoms. The van der Waals surface area contributed by atoms with Crippen LogP contribution in [0.3, 0.4) is 0 Å². The molecule has 1 N–H and O–H groups in total. The molecular weight excluding hydrogens is 517 g/mol. The SMILES string of the molecule is O=C(NCCc1ccccc1)[C@@H]1c2ccccc2C(=O)N(CCc2cccnc2)[C@H]1c1ccc(Cl)cc1Cl. The van der Waals surface area contributed by atoms with Gasteiger partial charge in [0, 0.05) is 41.1 Å². The molecule has 2 amide bonds. The summed E-state index contributed by atoms with van der Waals surface area (Å²) in [7, 11) is 0. The molecule has 2 atom stereocenters. The van der Waals surface area contributed by atoms with Gasteiger partial charge in [0.05, 0.1) is 12.0 Å². The van der Waals surface area contributed by atoms with Crippen LogP contribution in [0.15, 0.2) is 97.3 Å². The molecular formula is C31H27Cl2N3O2. The van der Waals surface area contributed by atoms with Crippen molar-refractivity contribution in [3.63, 3.8) is 0 Å². The van der Waals surface area contributed by atoms with Crippen molar-refractivity contribution in [1.82, 2.24) is 15.2 Å². The lowest BCUT2D eigenvalue weighted by Crippen LogP contribution is -2.48. The van der Waals surface area contributed by atoms with Crippen molar-refractivity contribution in [3.05, 3.63) is 135 Å². The molecule has 1 aromatic heterocycles. The highest BCUT2D eigenvalue weighted by Gasteiger charge is 2.44. The molecule has 1 aliphatic heterocycles. The highest BCUT2D eigenvalue weighted by atomic mass is 35.5. The van der Waals surface area contributed by atoms with Crippen molar-refractivity contribution in [1.29, 1.82) is 0 Å². The monoisotopic (exact) mass is 543 g/mol. The molecule has 0 bridgehead atoms. The van der Waals surface area contributed by atoms with E-state index >= 15 is 0 Å². The predicted molar refractivity (Wildman–Crippen MR) is 151 cm³/mol. The van der Waals surface area contributed by atoms with Gasteiger partial charge in [0.1, 0.15) is 0 Å². The van der Waals surface area contributed by atoms with Gasteiger partial charge in [-0.3, -0.25) is 14.6 Å². The Labute approximate surface area is 232 Å². The Balaban J connectivity index is 1.52. The molecule has 0 unspecified atom stereocenters. The molecule has 3 aromatic carbocycles. The van der Waals surface area contributed by atoms with Crippen LogP contribution in [0.2, 0.25) is 10.0 Å². The minimum Gasteiger partial charge on any atom is -0.355 e. The van der Waals surface area contributed by atoms with E-state index in [0.717, 1.165) is 11.1 Å². The van der Waals surface area contributed by atoms with Crippen LogP contribution in [0.4, 0.5) is 0 Å². The summed E-state index contributed by atoms with van der Waals surface area (Å²) < 4.78 is 0. The number of aromatic nitrogens is 1. The molecule has 4 aromatic rings. The number of nitrogens with one attached hydrogen (secondary N) is 1. The molecule has 0 spiro atoms. The topological polar surface area (TPSA) is 62.3 Å². The van der Waals surface area contributed by atoms with Gasteiger partial charge in [0.15, 0.2) is 0 Å². The molecule has 0 aliphatic carbocycles. The first-order valence-corrected chi connectivity index (χ1v) is 13.3. The van der Waals surface area contributed by atoms with Crippen molar-refractivity contribution >= 4 is 35.0 Å². The largest absolute Gasteiger partial charge is 0.355 e. The Morgan fingerprint density at radius 2 is 1.63 bits per heavy atom. The molecule has 0 radical (unpaired) electrons. The van der Waals surface area contributed by atoms with Crippen LogP contribution in [0, 0.1) is 0 Å². The minimum absolute atomic E-state index is 0.131. The van der Waals surface area contributed by atoms with Gasteiger partial charge >= 0.3 is 0 Å². The number of carbonyl (C=O) groups excluding carboxylic acids is 2. The molecule has 0 fully saturated rings. The maximum absolute atomic E-state index is 13.9. The number of carbonyl (C=O) groups is 2. The van der Waals surface area contributed by atoms with Crippen molar-refractivity contribution in [2.75, 3.05) is 13.1 Å². The number of nitrogens with zero attached hydrogens (tertiary/aromatic N) is 2. The summed E-state index contributed by atoms with van der Waals surface area (Å²) in [5, 5.41) is 4.04. The maximum atomic E-state index is 13.9. The standard InChI is InChI=1S/C31H27Cl2N3O2/c32-23-12-13-26(27(33)19-23)29-28(30(37)35-17-14-21-7-2-1-3-8-21)24-10-4-5-11-25(24)31(38)36(29)18-15-22-9-6-16-34-20-22/h1-13,16,19-20,28-29H,14-15,17-18H2,(H,35,37)/t28-,29+/m1/s1. The first kappa shape index (κ1) is 26.0. The van der Waals surface area contributed by atoms with Gasteiger partial charge in [0.2, 0.25) is 5.91 Å². The lowest BCUT2D eigenvalue weighted by atomic mass is 9.79. The number of pyridine rings is 1. The van der Waals surface area contributed by atoms with Gasteiger partial charge in [-0.25, -0.2) is 0 Å². The van der Waals surface area contributed by atoms with Crippen molar-refractivity contribution in [3.8, 4) is 0 Å². The smallest absolute Gasteiger partial charge is 0.254 e. The highest BCUT2D eigenvalue weighted by Crippen LogP contribution is 2.45. The Bertz CT molecular complexity index is 1430. The molecule has 38 heavy (non-hydrogen) atoms. The molecule has 1 aliphatic rings. The van der Waals surface area contributed by atoms with Gasteiger partial charge in [-0.1, -0.05) is 83.9 Å². The Morgan fingerprint density at radius 1 is 0.868 bits per heavy atom. The van der Waals surface area contributed by atoms with Crippen LogP contribution in [0.5, 0.6) is 0 Å². The van der Waals surface area contributed by atoms with E-state index in [1.165, 1.54) is 0 Å². The molecule has 192 valence electrons. The minimum atomic E-state index is -0.646. The fraction of sp³-hybridized carbons (Fsp3) is 0.194. The third kappa shape index (κ3) is 5.59. The van der Waals surface area contributed by atoms with E-state index in [1.807, 2.05) is 66.7 Å². The van der Waals surface area contributed by atoms with Crippen LogP contribution in [-0.4, -0.2) is 34.8 Å². The molecule has 2 heterocycles. The van der Waals surface area contributed by atoms with Crippen LogP contribution in [0.1, 0.15) is 44.6 Å². The van der Waals surface area contributed by atoms with E-state index in [4.69, 9.17) is 23.2 Å². The van der Waals surface area contributed by atoms with Crippen LogP contribution >= 0.6 is 23.2 Å². The summed E-state index contributed by atoms with van der Waals surface area (Å²) in [6, 6.07) is 25.8. The van der Waals surface area contributed by atoms with Gasteiger partial charge in [-0.2, -0.15) is 0 Å². The molecule has 5 nitrogen and oxygen atoms in total. The first-order chi connectivity index (χ1) is 18.5. The van der Waals surface area contributed by atoms with E-state index < -0.39 is 12.0 Å². The Kier molecular flexibility index (Phi) is 8.06. The van der Waals surface area contributed by atoms with Crippen LogP contribution < -0.4 is 5.32 Å². The van der Waals surface area contributed by atoms with Gasteiger partial charge in [0.25, 0.3) is 5.91 Å².